The van der Waals surface area contributed by atoms with E-state index in [1.54, 1.807) is 24.3 Å². The van der Waals surface area contributed by atoms with E-state index in [0.717, 1.165) is 0 Å². The lowest BCUT2D eigenvalue weighted by Crippen LogP contribution is -2.48. The van der Waals surface area contributed by atoms with Gasteiger partial charge in [0.05, 0.1) is 11.2 Å². The van der Waals surface area contributed by atoms with Gasteiger partial charge in [-0.25, -0.2) is 0 Å². The van der Waals surface area contributed by atoms with Crippen molar-refractivity contribution in [3.8, 4) is 11.8 Å². The molecule has 0 bridgehead atoms. The van der Waals surface area contributed by atoms with Crippen LogP contribution in [0.4, 0.5) is 0 Å². The molecule has 126 valence electrons. The molecule has 0 fully saturated rings. The molecule has 0 saturated carbocycles. The second kappa shape index (κ2) is 8.54. The van der Waals surface area contributed by atoms with Crippen LogP contribution in [-0.4, -0.2) is 29.3 Å². The fourth-order valence-corrected chi connectivity index (χ4v) is 2.14. The maximum atomic E-state index is 12.4. The zero-order valence-electron chi connectivity index (χ0n) is 14.3. The summed E-state index contributed by atoms with van der Waals surface area (Å²) in [7, 11) is 0. The van der Waals surface area contributed by atoms with E-state index in [1.165, 1.54) is 0 Å². The van der Waals surface area contributed by atoms with Crippen molar-refractivity contribution < 1.29 is 14.6 Å². The van der Waals surface area contributed by atoms with Crippen LogP contribution in [0.15, 0.2) is 24.3 Å². The summed E-state index contributed by atoms with van der Waals surface area (Å²) in [5.74, 6) is 0.0382. The number of para-hydroxylation sites is 1. The van der Waals surface area contributed by atoms with E-state index in [1.807, 2.05) is 27.7 Å². The number of carbonyl (C=O) groups excluding carboxylic acids is 1. The van der Waals surface area contributed by atoms with Gasteiger partial charge in [0.1, 0.15) is 11.8 Å². The minimum Gasteiger partial charge on any atom is -0.479 e. The number of nitrogens with zero attached hydrogens (tertiary/aromatic N) is 1. The van der Waals surface area contributed by atoms with Crippen molar-refractivity contribution >= 4 is 5.91 Å². The number of ether oxygens (including phenoxy) is 1. The molecule has 23 heavy (non-hydrogen) atoms. The molecule has 0 aliphatic carbocycles. The van der Waals surface area contributed by atoms with Gasteiger partial charge in [0, 0.05) is 6.54 Å². The van der Waals surface area contributed by atoms with Crippen LogP contribution in [0.5, 0.6) is 5.75 Å². The van der Waals surface area contributed by atoms with E-state index >= 15 is 0 Å². The van der Waals surface area contributed by atoms with E-state index in [4.69, 9.17) is 10.00 Å². The number of benzene rings is 1. The molecule has 0 radical (unpaired) electrons. The second-order valence-electron chi connectivity index (χ2n) is 6.04. The number of aliphatic hydroxyl groups is 1. The Hall–Kier alpha value is -2.06. The van der Waals surface area contributed by atoms with Gasteiger partial charge in [0.15, 0.2) is 6.10 Å². The molecule has 1 aromatic carbocycles. The maximum Gasteiger partial charge on any atom is 0.261 e. The van der Waals surface area contributed by atoms with Gasteiger partial charge >= 0.3 is 0 Å². The van der Waals surface area contributed by atoms with Gasteiger partial charge in [-0.05, 0) is 30.9 Å². The fourth-order valence-electron chi connectivity index (χ4n) is 2.14. The van der Waals surface area contributed by atoms with Gasteiger partial charge in [0.25, 0.3) is 5.91 Å². The Morgan fingerprint density at radius 2 is 1.96 bits per heavy atom. The topological polar surface area (TPSA) is 82.3 Å². The first kappa shape index (κ1) is 19.0. The fraction of sp³-hybridized carbons (Fsp3) is 0.556. The highest BCUT2D eigenvalue weighted by Crippen LogP contribution is 2.21. The van der Waals surface area contributed by atoms with E-state index in [-0.39, 0.29) is 18.4 Å². The van der Waals surface area contributed by atoms with E-state index in [2.05, 4.69) is 11.4 Å². The molecule has 0 heterocycles. The molecular formula is C18H26N2O3. The van der Waals surface area contributed by atoms with Crippen molar-refractivity contribution in [2.75, 3.05) is 6.54 Å². The number of rotatable bonds is 8. The first-order chi connectivity index (χ1) is 10.9. The summed E-state index contributed by atoms with van der Waals surface area (Å²) in [5, 5.41) is 22.2. The van der Waals surface area contributed by atoms with E-state index in [9.17, 15) is 9.90 Å². The van der Waals surface area contributed by atoms with Crippen molar-refractivity contribution in [1.82, 2.24) is 5.32 Å². The normalized spacial score (nSPS) is 12.6. The molecule has 5 heteroatoms. The van der Waals surface area contributed by atoms with Crippen LogP contribution in [0.2, 0.25) is 0 Å². The Morgan fingerprint density at radius 3 is 2.48 bits per heavy atom. The summed E-state index contributed by atoms with van der Waals surface area (Å²) < 4.78 is 5.78. The lowest BCUT2D eigenvalue weighted by Gasteiger charge is -2.28. The lowest BCUT2D eigenvalue weighted by atomic mass is 9.97. The molecule has 0 spiro atoms. The number of carbonyl (C=O) groups is 1. The smallest absolute Gasteiger partial charge is 0.261 e. The molecule has 1 amide bonds. The van der Waals surface area contributed by atoms with Crippen molar-refractivity contribution in [2.24, 2.45) is 5.92 Å². The number of hydrogen-bond acceptors (Lipinski definition) is 4. The number of nitriles is 1. The van der Waals surface area contributed by atoms with Crippen molar-refractivity contribution in [2.45, 2.75) is 52.2 Å². The molecule has 1 aromatic rings. The summed E-state index contributed by atoms with van der Waals surface area (Å²) in [4.78, 5) is 12.4. The summed E-state index contributed by atoms with van der Waals surface area (Å²) in [6.45, 7) is 7.71. The molecule has 0 saturated heterocycles. The lowest BCUT2D eigenvalue weighted by molar-refractivity contribution is -0.131. The Kier molecular flexibility index (Phi) is 7.05. The highest BCUT2D eigenvalue weighted by atomic mass is 16.5. The van der Waals surface area contributed by atoms with Crippen LogP contribution >= 0.6 is 0 Å². The summed E-state index contributed by atoms with van der Waals surface area (Å²) in [6.07, 6.45) is 0.408. The monoisotopic (exact) mass is 318 g/mol. The van der Waals surface area contributed by atoms with Gasteiger partial charge in [-0.2, -0.15) is 5.26 Å². The van der Waals surface area contributed by atoms with Crippen LogP contribution in [0.1, 0.15) is 46.1 Å². The summed E-state index contributed by atoms with van der Waals surface area (Å²) in [5.41, 5.74) is -0.508. The molecule has 1 atom stereocenters. The highest BCUT2D eigenvalue weighted by Gasteiger charge is 2.28. The zero-order chi connectivity index (χ0) is 17.5. The van der Waals surface area contributed by atoms with Crippen molar-refractivity contribution in [1.29, 1.82) is 5.26 Å². The second-order valence-corrected chi connectivity index (χ2v) is 6.04. The molecule has 0 aromatic heterocycles. The molecule has 0 aliphatic rings. The molecule has 1 rings (SSSR count). The van der Waals surface area contributed by atoms with Crippen LogP contribution in [-0.2, 0) is 4.79 Å². The van der Waals surface area contributed by atoms with Crippen molar-refractivity contribution in [3.63, 3.8) is 0 Å². The summed E-state index contributed by atoms with van der Waals surface area (Å²) >= 11 is 0. The van der Waals surface area contributed by atoms with Crippen LogP contribution in [0, 0.1) is 17.2 Å². The van der Waals surface area contributed by atoms with Crippen LogP contribution < -0.4 is 10.1 Å². The average Bonchev–Trinajstić information content (AvgIpc) is 2.57. The SMILES string of the molecule is CCC(O)(CC)CNC(=O)C(Oc1ccccc1C#N)C(C)C. The van der Waals surface area contributed by atoms with Crippen LogP contribution in [0.3, 0.4) is 0 Å². The van der Waals surface area contributed by atoms with Gasteiger partial charge < -0.3 is 15.2 Å². The summed E-state index contributed by atoms with van der Waals surface area (Å²) in [6, 6.07) is 8.89. The number of hydrogen-bond donors (Lipinski definition) is 2. The quantitative estimate of drug-likeness (QED) is 0.772. The van der Waals surface area contributed by atoms with Crippen molar-refractivity contribution in [3.05, 3.63) is 29.8 Å². The molecule has 1 unspecified atom stereocenters. The number of amides is 1. The Morgan fingerprint density at radius 1 is 1.35 bits per heavy atom. The first-order valence-electron chi connectivity index (χ1n) is 8.02. The highest BCUT2D eigenvalue weighted by molar-refractivity contribution is 5.81. The third-order valence-corrected chi connectivity index (χ3v) is 4.03. The Labute approximate surface area is 138 Å². The standard InChI is InChI=1S/C18H26N2O3/c1-5-18(22,6-2)12-20-17(21)16(13(3)4)23-15-10-8-7-9-14(15)11-19/h7-10,13,16,22H,5-6,12H2,1-4H3,(H,20,21). The minimum absolute atomic E-state index is 0.0712. The van der Waals surface area contributed by atoms with E-state index < -0.39 is 11.7 Å². The van der Waals surface area contributed by atoms with Crippen LogP contribution in [0.25, 0.3) is 0 Å². The largest absolute Gasteiger partial charge is 0.479 e. The first-order valence-corrected chi connectivity index (χ1v) is 8.02. The van der Waals surface area contributed by atoms with E-state index in [0.29, 0.717) is 24.2 Å². The third-order valence-electron chi connectivity index (χ3n) is 4.03. The average molecular weight is 318 g/mol. The van der Waals surface area contributed by atoms with Gasteiger partial charge in [0.2, 0.25) is 0 Å². The third kappa shape index (κ3) is 5.26. The van der Waals surface area contributed by atoms with Gasteiger partial charge in [-0.15, -0.1) is 0 Å². The predicted octanol–water partition coefficient (Wildman–Crippen LogP) is 2.63. The Bertz CT molecular complexity index is 560. The maximum absolute atomic E-state index is 12.4. The zero-order valence-corrected chi connectivity index (χ0v) is 14.3. The number of nitrogens with one attached hydrogen (secondary N) is 1. The minimum atomic E-state index is -0.901. The molecule has 5 nitrogen and oxygen atoms in total. The molecular weight excluding hydrogens is 292 g/mol. The van der Waals surface area contributed by atoms with Gasteiger partial charge in [-0.1, -0.05) is 39.8 Å². The van der Waals surface area contributed by atoms with Gasteiger partial charge in [-0.3, -0.25) is 4.79 Å². The predicted molar refractivity (Wildman–Crippen MR) is 89.0 cm³/mol. The molecule has 2 N–H and O–H groups in total. The molecule has 0 aliphatic heterocycles. The Balaban J connectivity index is 2.83.